The van der Waals surface area contributed by atoms with E-state index >= 15 is 0 Å². The molecule has 5 N–H and O–H groups in total. The highest BCUT2D eigenvalue weighted by atomic mass is 19.1. The van der Waals surface area contributed by atoms with E-state index in [9.17, 15) is 43.9 Å². The lowest BCUT2D eigenvalue weighted by Gasteiger charge is -2.48. The molecule has 8 atom stereocenters. The molecule has 0 aromatic heterocycles. The molecule has 1 unspecified atom stereocenters. The number of carboxylic acids is 1. The van der Waals surface area contributed by atoms with Gasteiger partial charge in [0.2, 0.25) is 12.2 Å². The zero-order valence-corrected chi connectivity index (χ0v) is 22.0. The lowest BCUT2D eigenvalue weighted by atomic mass is 9.78. The highest BCUT2D eigenvalue weighted by molar-refractivity contribution is 6.03. The Kier molecular flexibility index (Phi) is 8.53. The third kappa shape index (κ3) is 5.85. The number of nitrogens with zero attached hydrogens (tertiary/aromatic N) is 1. The van der Waals surface area contributed by atoms with E-state index in [0.29, 0.717) is 23.2 Å². The Morgan fingerprint density at radius 2 is 1.48 bits per heavy atom. The maximum Gasteiger partial charge on any atom is 0.335 e. The van der Waals surface area contributed by atoms with Crippen LogP contribution in [0.4, 0.5) is 14.5 Å². The Balaban J connectivity index is 1.34. The van der Waals surface area contributed by atoms with Crippen LogP contribution in [0.25, 0.3) is 0 Å². The Hall–Kier alpha value is -3.94. The third-order valence-corrected chi connectivity index (χ3v) is 7.61. The Labute approximate surface area is 239 Å². The fourth-order valence-corrected chi connectivity index (χ4v) is 5.32. The summed E-state index contributed by atoms with van der Waals surface area (Å²) in [5, 5.41) is 50.0. The van der Waals surface area contributed by atoms with Gasteiger partial charge in [0, 0.05) is 5.69 Å². The molecule has 0 radical (unpaired) electrons. The van der Waals surface area contributed by atoms with Crippen molar-refractivity contribution in [2.45, 2.75) is 55.7 Å². The van der Waals surface area contributed by atoms with Gasteiger partial charge in [-0.15, -0.1) is 0 Å². The van der Waals surface area contributed by atoms with E-state index in [1.165, 1.54) is 65.6 Å². The molecule has 0 bridgehead atoms. The molecular formula is C30H29F2NO9. The van der Waals surface area contributed by atoms with Gasteiger partial charge in [-0.25, -0.2) is 13.6 Å². The van der Waals surface area contributed by atoms with Gasteiger partial charge in [-0.1, -0.05) is 24.3 Å². The van der Waals surface area contributed by atoms with E-state index in [1.807, 2.05) is 0 Å². The van der Waals surface area contributed by atoms with E-state index in [1.54, 1.807) is 12.1 Å². The van der Waals surface area contributed by atoms with Gasteiger partial charge in [-0.2, -0.15) is 0 Å². The highest BCUT2D eigenvalue weighted by Crippen LogP contribution is 2.46. The maximum absolute atomic E-state index is 13.6. The number of carbonyl (C=O) groups is 2. The van der Waals surface area contributed by atoms with Crippen LogP contribution >= 0.6 is 0 Å². The van der Waals surface area contributed by atoms with Crippen LogP contribution in [-0.4, -0.2) is 68.1 Å². The van der Waals surface area contributed by atoms with Gasteiger partial charge >= 0.3 is 5.97 Å². The molecule has 5 rings (SSSR count). The molecule has 2 heterocycles. The zero-order chi connectivity index (χ0) is 30.1. The van der Waals surface area contributed by atoms with E-state index in [2.05, 4.69) is 0 Å². The topological polar surface area (TPSA) is 157 Å². The van der Waals surface area contributed by atoms with Crippen molar-refractivity contribution in [2.75, 3.05) is 4.90 Å². The van der Waals surface area contributed by atoms with Crippen molar-refractivity contribution in [3.63, 3.8) is 0 Å². The Morgan fingerprint density at radius 3 is 2.07 bits per heavy atom. The predicted octanol–water partition coefficient (Wildman–Crippen LogP) is 2.45. The van der Waals surface area contributed by atoms with Crippen LogP contribution in [0.3, 0.4) is 0 Å². The van der Waals surface area contributed by atoms with Gasteiger partial charge in [0.25, 0.3) is 0 Å². The van der Waals surface area contributed by atoms with E-state index < -0.39 is 66.4 Å². The number of ether oxygens (including phenoxy) is 2. The molecule has 0 spiro atoms. The molecule has 2 saturated heterocycles. The minimum absolute atomic E-state index is 0.151. The van der Waals surface area contributed by atoms with Gasteiger partial charge in [0.05, 0.1) is 18.1 Å². The molecule has 0 saturated carbocycles. The second-order valence-corrected chi connectivity index (χ2v) is 10.3. The predicted molar refractivity (Wildman–Crippen MR) is 142 cm³/mol. The Morgan fingerprint density at radius 1 is 0.881 bits per heavy atom. The number of rotatable bonds is 9. The quantitative estimate of drug-likeness (QED) is 0.238. The summed E-state index contributed by atoms with van der Waals surface area (Å²) in [6.45, 7) is 0. The van der Waals surface area contributed by atoms with Crippen molar-refractivity contribution in [3.8, 4) is 5.75 Å². The van der Waals surface area contributed by atoms with Crippen molar-refractivity contribution in [2.24, 2.45) is 5.92 Å². The first-order valence-electron chi connectivity index (χ1n) is 13.3. The number of carboxylic acid groups (broad SMARTS) is 1. The third-order valence-electron chi connectivity index (χ3n) is 7.61. The number of aliphatic hydroxyl groups is 4. The van der Waals surface area contributed by atoms with E-state index in [-0.39, 0.29) is 18.1 Å². The van der Waals surface area contributed by atoms with Gasteiger partial charge in [-0.3, -0.25) is 4.79 Å². The fraction of sp³-hybridized carbons (Fsp3) is 0.333. The minimum atomic E-state index is -1.85. The molecule has 2 aliphatic rings. The molecule has 2 fully saturated rings. The van der Waals surface area contributed by atoms with E-state index in [4.69, 9.17) is 9.47 Å². The first kappa shape index (κ1) is 29.5. The van der Waals surface area contributed by atoms with Crippen molar-refractivity contribution < 1.29 is 53.4 Å². The van der Waals surface area contributed by atoms with Crippen LogP contribution in [-0.2, 0) is 14.3 Å². The van der Waals surface area contributed by atoms with Gasteiger partial charge in [0.15, 0.2) is 6.10 Å². The van der Waals surface area contributed by atoms with Gasteiger partial charge in [0.1, 0.15) is 35.7 Å². The van der Waals surface area contributed by atoms with Crippen LogP contribution in [0.15, 0.2) is 72.8 Å². The summed E-state index contributed by atoms with van der Waals surface area (Å²) in [5.74, 6) is -3.03. The number of aliphatic hydroxyl groups excluding tert-OH is 4. The molecule has 3 aromatic carbocycles. The summed E-state index contributed by atoms with van der Waals surface area (Å²) in [7, 11) is 0. The summed E-state index contributed by atoms with van der Waals surface area (Å²) in [4.78, 5) is 26.2. The molecule has 222 valence electrons. The molecule has 10 nitrogen and oxygen atoms in total. The standard InChI is InChI=1S/C30H29F2NO9/c31-17-5-1-15(2-6-17)22(34)14-13-21-23(33(28(21)38)19-9-7-18(32)8-10-19)16-3-11-20(12-4-16)41-30-26(37)24(35)25(36)27(42-30)29(39)40/h1-12,21-27,30,34-37H,13-14H2,(H,39,40)/t21-,22?,23-,24-,25+,26-,27+,30-/m1/s1. The summed E-state index contributed by atoms with van der Waals surface area (Å²) in [6.07, 6.45) is -9.19. The van der Waals surface area contributed by atoms with E-state index in [0.717, 1.165) is 0 Å². The van der Waals surface area contributed by atoms with Crippen LogP contribution in [0.2, 0.25) is 0 Å². The number of carbonyl (C=O) groups excluding carboxylic acids is 1. The van der Waals surface area contributed by atoms with Gasteiger partial charge < -0.3 is 39.9 Å². The number of amides is 1. The summed E-state index contributed by atoms with van der Waals surface area (Å²) in [5.41, 5.74) is 1.68. The average Bonchev–Trinajstić information content (AvgIpc) is 2.97. The van der Waals surface area contributed by atoms with Crippen LogP contribution in [0, 0.1) is 17.6 Å². The summed E-state index contributed by atoms with van der Waals surface area (Å²) < 4.78 is 37.6. The van der Waals surface area contributed by atoms with Crippen LogP contribution < -0.4 is 9.64 Å². The monoisotopic (exact) mass is 585 g/mol. The molecule has 2 aliphatic heterocycles. The maximum atomic E-state index is 13.6. The largest absolute Gasteiger partial charge is 0.479 e. The van der Waals surface area contributed by atoms with Gasteiger partial charge in [-0.05, 0) is 72.5 Å². The first-order chi connectivity index (χ1) is 20.0. The second-order valence-electron chi connectivity index (χ2n) is 10.3. The number of hydrogen-bond donors (Lipinski definition) is 5. The van der Waals surface area contributed by atoms with Crippen LogP contribution in [0.1, 0.15) is 36.1 Å². The molecule has 1 amide bonds. The molecule has 3 aromatic rings. The number of anilines is 1. The van der Waals surface area contributed by atoms with Crippen LogP contribution in [0.5, 0.6) is 5.75 Å². The average molecular weight is 586 g/mol. The summed E-state index contributed by atoms with van der Waals surface area (Å²) in [6, 6.07) is 16.8. The minimum Gasteiger partial charge on any atom is -0.479 e. The normalized spacial score (nSPS) is 28.2. The lowest BCUT2D eigenvalue weighted by Crippen LogP contribution is -2.61. The number of benzene rings is 3. The molecule has 12 heteroatoms. The van der Waals surface area contributed by atoms with Crippen molar-refractivity contribution >= 4 is 17.6 Å². The number of halogens is 2. The Bertz CT molecular complexity index is 1400. The fourth-order valence-electron chi connectivity index (χ4n) is 5.32. The van der Waals surface area contributed by atoms with Crippen molar-refractivity contribution in [3.05, 3.63) is 95.6 Å². The molecule has 0 aliphatic carbocycles. The number of hydrogen-bond acceptors (Lipinski definition) is 8. The second kappa shape index (κ2) is 12.1. The SMILES string of the molecule is O=C(O)[C@H]1O[C@@H](Oc2ccc([C@@H]3[C@@H](CCC(O)c4ccc(F)cc4)C(=O)N3c3ccc(F)cc3)cc2)[C@H](O)[C@H](O)[C@@H]1O. The molecule has 42 heavy (non-hydrogen) atoms. The lowest BCUT2D eigenvalue weighted by molar-refractivity contribution is -0.271. The number of aliphatic carboxylic acids is 1. The number of β-lactam (4-membered cyclic amide) rings is 1. The smallest absolute Gasteiger partial charge is 0.335 e. The molecular weight excluding hydrogens is 556 g/mol. The highest BCUT2D eigenvalue weighted by Gasteiger charge is 2.49. The van der Waals surface area contributed by atoms with Crippen molar-refractivity contribution in [1.29, 1.82) is 0 Å². The summed E-state index contributed by atoms with van der Waals surface area (Å²) >= 11 is 0. The zero-order valence-electron chi connectivity index (χ0n) is 22.0. The van der Waals surface area contributed by atoms with Crippen molar-refractivity contribution in [1.82, 2.24) is 0 Å². The first-order valence-corrected chi connectivity index (χ1v) is 13.3.